The summed E-state index contributed by atoms with van der Waals surface area (Å²) in [5, 5.41) is 20.0. The number of hydrogen-bond acceptors (Lipinski definition) is 28. The van der Waals surface area contributed by atoms with Gasteiger partial charge in [0.2, 0.25) is 11.8 Å². The van der Waals surface area contributed by atoms with Gasteiger partial charge in [0, 0.05) is 74.1 Å². The molecule has 2 bridgehead atoms. The summed E-state index contributed by atoms with van der Waals surface area (Å²) in [6, 6.07) is 26.6. The number of unbranched alkanes of at least 4 members (excludes halogenated alkanes) is 5. The number of likely N-dealkylation sites (tertiary alicyclic amines) is 1. The normalized spacial score (nSPS) is 15.8. The van der Waals surface area contributed by atoms with Crippen LogP contribution in [0.1, 0.15) is 312 Å². The van der Waals surface area contributed by atoms with Gasteiger partial charge in [0.25, 0.3) is 0 Å². The fraction of sp³-hybridized carbons (Fsp3) is 0.609. The minimum absolute atomic E-state index is 0.00766. The van der Waals surface area contributed by atoms with Gasteiger partial charge in [0.15, 0.2) is 0 Å². The van der Waals surface area contributed by atoms with Crippen molar-refractivity contribution in [2.24, 2.45) is 36.1 Å². The van der Waals surface area contributed by atoms with Crippen LogP contribution in [0.3, 0.4) is 0 Å². The van der Waals surface area contributed by atoms with E-state index in [0.717, 1.165) is 114 Å². The van der Waals surface area contributed by atoms with Gasteiger partial charge in [-0.15, -0.1) is 16.6 Å². The highest BCUT2D eigenvalue weighted by Gasteiger charge is 2.71. The summed E-state index contributed by atoms with van der Waals surface area (Å²) in [4.78, 5) is 128. The van der Waals surface area contributed by atoms with Crippen LogP contribution in [-0.4, -0.2) is 205 Å². The van der Waals surface area contributed by atoms with Gasteiger partial charge in [-0.25, -0.2) is 19.2 Å². The molecule has 1 aliphatic heterocycles. The second-order valence-corrected chi connectivity index (χ2v) is 40.8. The molecule has 0 N–H and O–H groups in total. The summed E-state index contributed by atoms with van der Waals surface area (Å²) < 4.78 is 69.9. The maximum absolute atomic E-state index is 13.6. The van der Waals surface area contributed by atoms with Crippen molar-refractivity contribution < 1.29 is 114 Å². The number of terminal acetylenes is 1. The summed E-state index contributed by atoms with van der Waals surface area (Å²) in [7, 11) is 1.84. The van der Waals surface area contributed by atoms with Gasteiger partial charge in [-0.1, -0.05) is 182 Å². The van der Waals surface area contributed by atoms with Crippen LogP contribution in [0.25, 0.3) is 21.5 Å². The summed E-state index contributed by atoms with van der Waals surface area (Å²) in [5.41, 5.74) is 4.25. The number of carbonyl (C=O) groups is 11. The first-order valence-electron chi connectivity index (χ1n) is 51.5. The van der Waals surface area contributed by atoms with Crippen LogP contribution < -0.4 is 0 Å². The predicted octanol–water partition coefficient (Wildman–Crippen LogP) is 22.3. The zero-order chi connectivity index (χ0) is 112. The summed E-state index contributed by atoms with van der Waals surface area (Å²) in [6.45, 7) is 67.0. The van der Waals surface area contributed by atoms with Crippen LogP contribution in [0.5, 0.6) is 0 Å². The zero-order valence-corrected chi connectivity index (χ0v) is 95.7. The molecule has 2 fully saturated rings. The predicted molar refractivity (Wildman–Crippen MR) is 579 cm³/mol. The molecular weight excluding hydrogens is 1940 g/mol. The van der Waals surface area contributed by atoms with Crippen molar-refractivity contribution in [2.45, 2.75) is 388 Å². The first kappa shape index (κ1) is 136. The highest BCUT2D eigenvalue weighted by atomic mass is 79.9. The van der Waals surface area contributed by atoms with Gasteiger partial charge in [-0.2, -0.15) is 0 Å². The number of rotatable bonds is 39. The molecule has 822 valence electrons. The number of fused-ring (bicyclic) bond motifs is 2. The first-order valence-corrected chi connectivity index (χ1v) is 52.4. The van der Waals surface area contributed by atoms with Crippen molar-refractivity contribution in [2.75, 3.05) is 33.0 Å². The fourth-order valence-corrected chi connectivity index (χ4v) is 14.7. The Bertz CT molecular complexity index is 4950. The molecular formula is C115H176BrN7O24. The Labute approximate surface area is 885 Å². The average molecular weight is 2120 g/mol. The Morgan fingerprint density at radius 1 is 0.524 bits per heavy atom. The molecule has 1 saturated heterocycles. The van der Waals surface area contributed by atoms with E-state index in [4.69, 9.17) is 63.3 Å². The van der Waals surface area contributed by atoms with E-state index < -0.39 is 23.2 Å². The molecule has 6 aromatic rings. The highest BCUT2D eigenvalue weighted by Crippen LogP contribution is 2.67. The first-order chi connectivity index (χ1) is 69.0. The SMILES string of the molecule is C#CCOC(C)C.C=C(C)C(=O)OC(C)C.C=CC(=O)OC(C)C.CC(C)OC(=O)C(C)(C)C.CC(C)OC(=O)C(C)Br.CC(C)OCC(=O)OCc1c2ccccc2cc2ccccc12.CC(C)OCc1cn(C)nn1.CCCCCC(=O)OC(C)C.CCCCCC(=O)OC(C)C.CCN1C(=O)C2C3c4ccccc4C(COC(=O)COC(C)C)(C4C=CC=CC34)C2C1=O.Cc1cn(CCCCC(=O)OC(C)C)nn1. The van der Waals surface area contributed by atoms with Crippen molar-refractivity contribution in [3.05, 3.63) is 168 Å². The number of carbonyl (C=O) groups excluding carboxylic acids is 11. The number of hydrogen-bond donors (Lipinski definition) is 0. The number of aryl methyl sites for hydroxylation is 3. The molecule has 31 nitrogen and oxygen atoms in total. The summed E-state index contributed by atoms with van der Waals surface area (Å²) in [5.74, 6) is -0.882. The monoisotopic (exact) mass is 2120 g/mol. The van der Waals surface area contributed by atoms with Crippen molar-refractivity contribution in [1.82, 2.24) is 34.9 Å². The van der Waals surface area contributed by atoms with E-state index in [-0.39, 0.29) is 181 Å². The Morgan fingerprint density at radius 2 is 0.986 bits per heavy atom. The number of amides is 2. The summed E-state index contributed by atoms with van der Waals surface area (Å²) >= 11 is 3.09. The van der Waals surface area contributed by atoms with Crippen molar-refractivity contribution in [3.63, 3.8) is 0 Å². The van der Waals surface area contributed by atoms with Crippen LogP contribution in [0.2, 0.25) is 0 Å². The molecule has 147 heavy (non-hydrogen) atoms. The molecule has 7 unspecified atom stereocenters. The molecule has 2 amide bonds. The molecule has 2 aromatic heterocycles. The lowest BCUT2D eigenvalue weighted by Gasteiger charge is -2.60. The Morgan fingerprint density at radius 3 is 1.37 bits per heavy atom. The van der Waals surface area contributed by atoms with Gasteiger partial charge < -0.3 is 61.6 Å². The number of aromatic nitrogens is 6. The molecule has 11 rings (SSSR count). The molecule has 0 spiro atoms. The second kappa shape index (κ2) is 73.9. The number of imide groups is 1. The number of allylic oxidation sites excluding steroid dienone is 4. The van der Waals surface area contributed by atoms with Gasteiger partial charge in [0.05, 0.1) is 103 Å². The minimum Gasteiger partial charge on any atom is -0.463 e. The van der Waals surface area contributed by atoms with Gasteiger partial charge in [-0.05, 0) is 277 Å². The number of alkyl halides is 1. The number of benzene rings is 4. The smallest absolute Gasteiger partial charge is 0.333 e. The van der Waals surface area contributed by atoms with Crippen LogP contribution >= 0.6 is 15.9 Å². The van der Waals surface area contributed by atoms with Gasteiger partial charge in [-0.3, -0.25) is 47.8 Å². The van der Waals surface area contributed by atoms with Crippen molar-refractivity contribution in [3.8, 4) is 12.3 Å². The highest BCUT2D eigenvalue weighted by molar-refractivity contribution is 9.10. The van der Waals surface area contributed by atoms with E-state index in [2.05, 4.69) is 123 Å². The van der Waals surface area contributed by atoms with Crippen LogP contribution in [0, 0.1) is 48.4 Å². The standard InChI is InChI=1S/C26H29NO5.C20H20O3.C11H19N3O2.2C9H18O2.C8H16O2.C7H13N3O.C7H12O2.C6H11BrO2.C6H10O2.C6H10O/c1-4-27-24(29)22-21-16-9-5-7-11-18(16)26(23(22)25(27)30,19-12-8-6-10-17(19)21)14-32-20(28)13-31-15(2)3;1-14(2)22-13-20(21)23-12-19-17-9-5-3-7-15(17)11-16-8-4-6-10-18(16)19;1-9(2)16-11(15)6-4-5-7-14-8-10(3)12-13-14;2*1-4-5-6-7-9(10)11-8(2)3;1-6(2)10-7(9)8(3,4)5;1-6(2)11-5-7-4-10(3)9-8-7;1-5(2)7(8)9-6(3)4;1-4(2)9-6(8)5(3)7;1-4-6(7)8-5(2)3;1-4-5-7-6(2)3/h5-12,15-16,18,21-23H,4,13-14H2,1-3H3;3-11,14H,12-13H2,1-2H3;8-9H,4-7H2,1-3H3;2*8H,4-7H2,1-3H3;6H,1-5H3;4,6H,5H2,1-3H3;6H,1H2,2-4H3;4-5H,1-3H3;4-5H,1H2,2-3H3;1,6H,5H2,2-3H3. The van der Waals surface area contributed by atoms with E-state index in [0.29, 0.717) is 44.6 Å². The number of esters is 9. The second-order valence-electron chi connectivity index (χ2n) is 39.4. The molecule has 4 aromatic carbocycles. The van der Waals surface area contributed by atoms with E-state index in [9.17, 15) is 52.7 Å². The molecule has 3 heterocycles. The lowest BCUT2D eigenvalue weighted by atomic mass is 9.41. The van der Waals surface area contributed by atoms with Crippen molar-refractivity contribution >= 4 is 103 Å². The zero-order valence-electron chi connectivity index (χ0n) is 94.1. The van der Waals surface area contributed by atoms with Gasteiger partial charge >= 0.3 is 53.7 Å². The average Bonchev–Trinajstić information content (AvgIpc) is 1.57. The molecule has 5 aliphatic rings. The summed E-state index contributed by atoms with van der Waals surface area (Å²) in [6.07, 6.45) is 28.3. The molecule has 7 atom stereocenters. The number of ether oxygens (including phenoxy) is 13. The van der Waals surface area contributed by atoms with E-state index in [1.807, 2.05) is 233 Å². The third-order valence-corrected chi connectivity index (χ3v) is 21.2. The van der Waals surface area contributed by atoms with Crippen LogP contribution in [0.4, 0.5) is 0 Å². The lowest BCUT2D eigenvalue weighted by Crippen LogP contribution is -2.62. The Hall–Kier alpha value is -11.1. The Balaban J connectivity index is 0.00000166. The molecule has 32 heteroatoms. The fourth-order valence-electron chi connectivity index (χ4n) is 14.6. The Kier molecular flexibility index (Phi) is 68.3. The third kappa shape index (κ3) is 56.2. The maximum atomic E-state index is 13.6. The van der Waals surface area contributed by atoms with E-state index >= 15 is 0 Å². The topological polar surface area (TPSA) is 372 Å². The molecule has 4 aliphatic carbocycles. The number of nitrogens with zero attached hydrogens (tertiary/aromatic N) is 7. The lowest BCUT2D eigenvalue weighted by molar-refractivity contribution is -0.159. The third-order valence-electron chi connectivity index (χ3n) is 20.8. The van der Waals surface area contributed by atoms with Crippen LogP contribution in [-0.2, 0) is 147 Å². The van der Waals surface area contributed by atoms with Crippen LogP contribution in [0.15, 0.2) is 140 Å². The number of halogens is 1. The van der Waals surface area contributed by atoms with E-state index in [1.165, 1.54) is 4.90 Å². The van der Waals surface area contributed by atoms with E-state index in [1.54, 1.807) is 50.9 Å². The molecule has 1 saturated carbocycles. The molecule has 0 radical (unpaired) electrons. The van der Waals surface area contributed by atoms with Crippen molar-refractivity contribution in [1.29, 1.82) is 0 Å². The minimum atomic E-state index is -0.786. The largest absolute Gasteiger partial charge is 0.463 e. The maximum Gasteiger partial charge on any atom is 0.333 e. The van der Waals surface area contributed by atoms with Gasteiger partial charge in [0.1, 0.15) is 43.6 Å². The quantitative estimate of drug-likeness (QED) is 0.00505.